The first kappa shape index (κ1) is 18.8. The number of hydrogen-bond acceptors (Lipinski definition) is 4. The molecule has 3 fully saturated rings. The summed E-state index contributed by atoms with van der Waals surface area (Å²) in [5.74, 6) is 0.507. The Bertz CT molecular complexity index is 686. The molecule has 3 aliphatic heterocycles. The van der Waals surface area contributed by atoms with Gasteiger partial charge in [-0.05, 0) is 38.7 Å². The highest BCUT2D eigenvalue weighted by molar-refractivity contribution is 6.62. The summed E-state index contributed by atoms with van der Waals surface area (Å²) in [7, 11) is -0.349. The third kappa shape index (κ3) is 3.60. The molecule has 1 aromatic carbocycles. The molecule has 1 aromatic rings. The van der Waals surface area contributed by atoms with E-state index >= 15 is 0 Å². The van der Waals surface area contributed by atoms with Crippen LogP contribution in [-0.4, -0.2) is 67.0 Å². The van der Waals surface area contributed by atoms with Crippen molar-refractivity contribution in [1.82, 2.24) is 9.80 Å². The van der Waals surface area contributed by atoms with Gasteiger partial charge in [-0.2, -0.15) is 0 Å². The number of nitrogens with zero attached hydrogens (tertiary/aromatic N) is 2. The Kier molecular flexibility index (Phi) is 4.73. The maximum atomic E-state index is 12.6. The van der Waals surface area contributed by atoms with Crippen molar-refractivity contribution in [3.05, 3.63) is 29.8 Å². The predicted molar refractivity (Wildman–Crippen MR) is 104 cm³/mol. The highest BCUT2D eigenvalue weighted by Crippen LogP contribution is 2.36. The van der Waals surface area contributed by atoms with Crippen LogP contribution < -0.4 is 5.46 Å². The van der Waals surface area contributed by atoms with E-state index in [-0.39, 0.29) is 24.4 Å². The van der Waals surface area contributed by atoms with Gasteiger partial charge in [-0.15, -0.1) is 0 Å². The van der Waals surface area contributed by atoms with E-state index in [2.05, 4.69) is 39.8 Å². The van der Waals surface area contributed by atoms with E-state index in [0.29, 0.717) is 12.5 Å². The molecule has 0 radical (unpaired) electrons. The zero-order chi connectivity index (χ0) is 19.2. The van der Waals surface area contributed by atoms with Gasteiger partial charge in [-0.25, -0.2) is 4.79 Å². The molecular formula is C20H29BN2O4. The third-order valence-corrected chi connectivity index (χ3v) is 6.25. The van der Waals surface area contributed by atoms with Gasteiger partial charge in [0.25, 0.3) is 0 Å². The Morgan fingerprint density at radius 3 is 2.15 bits per heavy atom. The van der Waals surface area contributed by atoms with Crippen molar-refractivity contribution in [2.24, 2.45) is 5.92 Å². The van der Waals surface area contributed by atoms with Gasteiger partial charge in [0.05, 0.1) is 24.4 Å². The monoisotopic (exact) mass is 372 g/mol. The summed E-state index contributed by atoms with van der Waals surface area (Å²) in [6, 6.07) is 8.35. The van der Waals surface area contributed by atoms with Gasteiger partial charge in [-0.1, -0.05) is 24.3 Å². The van der Waals surface area contributed by atoms with E-state index in [9.17, 15) is 4.79 Å². The second kappa shape index (κ2) is 6.80. The van der Waals surface area contributed by atoms with Crippen molar-refractivity contribution in [3.63, 3.8) is 0 Å². The molecule has 146 valence electrons. The first-order valence-corrected chi connectivity index (χ1v) is 9.81. The minimum absolute atomic E-state index is 0.136. The number of rotatable bonds is 5. The molecule has 0 unspecified atom stereocenters. The molecule has 0 spiro atoms. The average molecular weight is 372 g/mol. The van der Waals surface area contributed by atoms with Crippen LogP contribution in [0.2, 0.25) is 0 Å². The molecule has 2 amide bonds. The fraction of sp³-hybridized carbons (Fsp3) is 0.650. The van der Waals surface area contributed by atoms with E-state index in [1.54, 1.807) is 0 Å². The fourth-order valence-corrected chi connectivity index (χ4v) is 3.63. The quantitative estimate of drug-likeness (QED) is 0.741. The van der Waals surface area contributed by atoms with Gasteiger partial charge in [0, 0.05) is 32.1 Å². The van der Waals surface area contributed by atoms with Crippen LogP contribution in [0.5, 0.6) is 0 Å². The molecule has 0 aromatic heterocycles. The number of urea groups is 1. The molecule has 3 saturated heterocycles. The molecule has 0 bridgehead atoms. The molecule has 0 aliphatic carbocycles. The minimum Gasteiger partial charge on any atom is -0.399 e. The van der Waals surface area contributed by atoms with Crippen molar-refractivity contribution in [2.45, 2.75) is 45.4 Å². The second-order valence-corrected chi connectivity index (χ2v) is 8.88. The fourth-order valence-electron chi connectivity index (χ4n) is 3.63. The normalized spacial score (nSPS) is 24.6. The smallest absolute Gasteiger partial charge is 0.399 e. The zero-order valence-corrected chi connectivity index (χ0v) is 16.7. The van der Waals surface area contributed by atoms with E-state index < -0.39 is 0 Å². The number of amides is 2. The summed E-state index contributed by atoms with van der Waals surface area (Å²) in [6.45, 7) is 12.8. The molecule has 3 heterocycles. The van der Waals surface area contributed by atoms with Gasteiger partial charge >= 0.3 is 13.1 Å². The standard InChI is InChI=1S/C20H29BN2O4/c1-19(2)20(3,4)27-21(26-19)17-7-5-15(6-8-17)11-22-9-10-23(18(22)24)12-16-13-25-14-16/h5-8,16H,9-14H2,1-4H3. The van der Waals surface area contributed by atoms with Crippen LogP contribution in [0, 0.1) is 5.92 Å². The number of benzene rings is 1. The summed E-state index contributed by atoms with van der Waals surface area (Å²) >= 11 is 0. The lowest BCUT2D eigenvalue weighted by Gasteiger charge is -2.32. The van der Waals surface area contributed by atoms with Crippen LogP contribution in [0.3, 0.4) is 0 Å². The summed E-state index contributed by atoms with van der Waals surface area (Å²) in [6.07, 6.45) is 0. The van der Waals surface area contributed by atoms with E-state index in [1.165, 1.54) is 0 Å². The topological polar surface area (TPSA) is 51.2 Å². The summed E-state index contributed by atoms with van der Waals surface area (Å²) in [4.78, 5) is 16.4. The molecule has 4 rings (SSSR count). The van der Waals surface area contributed by atoms with Crippen LogP contribution in [-0.2, 0) is 20.6 Å². The molecule has 7 heteroatoms. The van der Waals surface area contributed by atoms with Crippen molar-refractivity contribution in [1.29, 1.82) is 0 Å². The predicted octanol–water partition coefficient (Wildman–Crippen LogP) is 1.87. The van der Waals surface area contributed by atoms with Crippen LogP contribution in [0.15, 0.2) is 24.3 Å². The highest BCUT2D eigenvalue weighted by Gasteiger charge is 2.51. The van der Waals surface area contributed by atoms with Crippen LogP contribution in [0.1, 0.15) is 33.3 Å². The second-order valence-electron chi connectivity index (χ2n) is 8.88. The van der Waals surface area contributed by atoms with E-state index in [0.717, 1.165) is 43.9 Å². The van der Waals surface area contributed by atoms with Gasteiger partial charge in [0.15, 0.2) is 0 Å². The molecule has 27 heavy (non-hydrogen) atoms. The minimum atomic E-state index is -0.349. The van der Waals surface area contributed by atoms with Crippen molar-refractivity contribution < 1.29 is 18.8 Å². The number of carbonyl (C=O) groups is 1. The van der Waals surface area contributed by atoms with Gasteiger partial charge in [0.2, 0.25) is 0 Å². The zero-order valence-electron chi connectivity index (χ0n) is 16.7. The molecule has 0 N–H and O–H groups in total. The molecule has 0 saturated carbocycles. The lowest BCUT2D eigenvalue weighted by Crippen LogP contribution is -2.41. The van der Waals surface area contributed by atoms with Gasteiger partial charge in [-0.3, -0.25) is 0 Å². The first-order chi connectivity index (χ1) is 12.7. The lowest BCUT2D eigenvalue weighted by atomic mass is 9.79. The maximum Gasteiger partial charge on any atom is 0.494 e. The highest BCUT2D eigenvalue weighted by atomic mass is 16.7. The Balaban J connectivity index is 1.35. The van der Waals surface area contributed by atoms with Gasteiger partial charge < -0.3 is 23.8 Å². The van der Waals surface area contributed by atoms with Crippen LogP contribution in [0.25, 0.3) is 0 Å². The Morgan fingerprint density at radius 1 is 1.00 bits per heavy atom. The molecular weight excluding hydrogens is 343 g/mol. The van der Waals surface area contributed by atoms with E-state index in [4.69, 9.17) is 14.0 Å². The summed E-state index contributed by atoms with van der Waals surface area (Å²) in [5.41, 5.74) is 1.45. The Labute approximate surface area is 161 Å². The lowest BCUT2D eigenvalue weighted by molar-refractivity contribution is -0.0403. The maximum absolute atomic E-state index is 12.6. The molecule has 6 nitrogen and oxygen atoms in total. The average Bonchev–Trinajstić information content (AvgIpc) is 3.01. The first-order valence-electron chi connectivity index (χ1n) is 9.81. The van der Waals surface area contributed by atoms with Crippen molar-refractivity contribution >= 4 is 18.6 Å². The van der Waals surface area contributed by atoms with Crippen LogP contribution in [0.4, 0.5) is 4.79 Å². The number of hydrogen-bond donors (Lipinski definition) is 0. The SMILES string of the molecule is CC1(C)OB(c2ccc(CN3CCN(CC4COC4)C3=O)cc2)OC1(C)C. The number of carbonyl (C=O) groups excluding carboxylic acids is 1. The Morgan fingerprint density at radius 2 is 1.59 bits per heavy atom. The third-order valence-electron chi connectivity index (χ3n) is 6.25. The van der Waals surface area contributed by atoms with Crippen molar-refractivity contribution in [3.8, 4) is 0 Å². The van der Waals surface area contributed by atoms with Gasteiger partial charge in [0.1, 0.15) is 0 Å². The van der Waals surface area contributed by atoms with Crippen molar-refractivity contribution in [2.75, 3.05) is 32.8 Å². The molecule has 0 atom stereocenters. The molecule has 3 aliphatic rings. The van der Waals surface area contributed by atoms with Crippen LogP contribution >= 0.6 is 0 Å². The Hall–Kier alpha value is -1.57. The van der Waals surface area contributed by atoms with E-state index in [1.807, 2.05) is 21.9 Å². The summed E-state index contributed by atoms with van der Waals surface area (Å²) < 4.78 is 17.4. The summed E-state index contributed by atoms with van der Waals surface area (Å²) in [5, 5.41) is 0. The number of ether oxygens (including phenoxy) is 1. The largest absolute Gasteiger partial charge is 0.494 e.